The minimum absolute atomic E-state index is 0.0301. The van der Waals surface area contributed by atoms with E-state index in [1.807, 2.05) is 24.3 Å². The Hall–Kier alpha value is -3.39. The van der Waals surface area contributed by atoms with Crippen molar-refractivity contribution in [2.24, 2.45) is 5.92 Å². The van der Waals surface area contributed by atoms with Crippen LogP contribution < -0.4 is 10.6 Å². The molecule has 0 radical (unpaired) electrons. The Balaban J connectivity index is 1.35. The maximum atomic E-state index is 12.7. The van der Waals surface area contributed by atoms with Gasteiger partial charge < -0.3 is 25.6 Å². The van der Waals surface area contributed by atoms with Gasteiger partial charge in [-0.2, -0.15) is 0 Å². The number of benzene rings is 2. The minimum Gasteiger partial charge on any atom is -0.480 e. The van der Waals surface area contributed by atoms with Crippen LogP contribution in [0.1, 0.15) is 49.1 Å². The molecule has 0 aromatic heterocycles. The van der Waals surface area contributed by atoms with Crippen molar-refractivity contribution in [3.8, 4) is 11.1 Å². The first kappa shape index (κ1) is 23.8. The maximum Gasteiger partial charge on any atom is 0.407 e. The van der Waals surface area contributed by atoms with Crippen molar-refractivity contribution in [1.29, 1.82) is 0 Å². The van der Waals surface area contributed by atoms with E-state index in [0.29, 0.717) is 0 Å². The second-order valence-electron chi connectivity index (χ2n) is 8.97. The number of fused-ring (bicyclic) bond motifs is 3. The lowest BCUT2D eigenvalue weighted by molar-refractivity contribution is -0.143. The molecule has 3 atom stereocenters. The van der Waals surface area contributed by atoms with Gasteiger partial charge in [-0.25, -0.2) is 9.59 Å². The van der Waals surface area contributed by atoms with Crippen molar-refractivity contribution in [3.05, 3.63) is 59.7 Å². The van der Waals surface area contributed by atoms with Crippen LogP contribution in [-0.2, 0) is 14.3 Å². The Morgan fingerprint density at radius 3 is 2.21 bits per heavy atom. The lowest BCUT2D eigenvalue weighted by Crippen LogP contribution is -2.47. The topological polar surface area (TPSA) is 125 Å². The number of carbonyl (C=O) groups is 3. The first-order chi connectivity index (χ1) is 16.5. The van der Waals surface area contributed by atoms with Crippen LogP contribution in [0.2, 0.25) is 0 Å². The standard InChI is InChI=1S/C26H30N2O6/c29-14-23(25(31)32)27-24(30)13-16-7-1-6-12-22(16)28-26(33)34-15-21-19-10-4-2-8-17(19)18-9-3-5-11-20(18)21/h2-5,8-11,16,21-23,29H,1,6-7,12-15H2,(H,27,30)(H,28,33)(H,31,32)/t16-,22-,23-/m1/s1. The molecule has 0 aliphatic heterocycles. The van der Waals surface area contributed by atoms with E-state index in [-0.39, 0.29) is 30.9 Å². The number of rotatable bonds is 8. The van der Waals surface area contributed by atoms with Crippen molar-refractivity contribution in [3.63, 3.8) is 0 Å². The molecule has 1 saturated carbocycles. The third-order valence-electron chi connectivity index (χ3n) is 6.82. The van der Waals surface area contributed by atoms with Crippen molar-refractivity contribution in [2.45, 2.75) is 50.1 Å². The van der Waals surface area contributed by atoms with E-state index < -0.39 is 30.6 Å². The maximum absolute atomic E-state index is 12.7. The summed E-state index contributed by atoms with van der Waals surface area (Å²) in [6, 6.07) is 14.7. The highest BCUT2D eigenvalue weighted by Crippen LogP contribution is 2.44. The molecular formula is C26H30N2O6. The third-order valence-corrected chi connectivity index (χ3v) is 6.82. The largest absolute Gasteiger partial charge is 0.480 e. The highest BCUT2D eigenvalue weighted by Gasteiger charge is 2.32. The van der Waals surface area contributed by atoms with Crippen molar-refractivity contribution < 1.29 is 29.3 Å². The number of alkyl carbamates (subject to hydrolysis) is 1. The molecule has 1 fully saturated rings. The Morgan fingerprint density at radius 1 is 0.971 bits per heavy atom. The van der Waals surface area contributed by atoms with Gasteiger partial charge in [0.25, 0.3) is 0 Å². The van der Waals surface area contributed by atoms with E-state index in [0.717, 1.165) is 47.9 Å². The van der Waals surface area contributed by atoms with E-state index >= 15 is 0 Å². The monoisotopic (exact) mass is 466 g/mol. The zero-order valence-corrected chi connectivity index (χ0v) is 18.9. The number of carboxylic acids is 1. The normalized spacial score (nSPS) is 20.0. The van der Waals surface area contributed by atoms with E-state index in [1.54, 1.807) is 0 Å². The van der Waals surface area contributed by atoms with Crippen LogP contribution >= 0.6 is 0 Å². The molecule has 34 heavy (non-hydrogen) atoms. The number of ether oxygens (including phenoxy) is 1. The summed E-state index contributed by atoms with van der Waals surface area (Å²) in [5.41, 5.74) is 4.60. The molecule has 0 saturated heterocycles. The number of aliphatic carboxylic acids is 1. The summed E-state index contributed by atoms with van der Waals surface area (Å²) >= 11 is 0. The summed E-state index contributed by atoms with van der Waals surface area (Å²) in [6.45, 7) is -0.457. The minimum atomic E-state index is -1.33. The van der Waals surface area contributed by atoms with Gasteiger partial charge in [-0.1, -0.05) is 61.4 Å². The van der Waals surface area contributed by atoms with E-state index in [9.17, 15) is 14.4 Å². The Bertz CT molecular complexity index is 1010. The lowest BCUT2D eigenvalue weighted by Gasteiger charge is -2.32. The van der Waals surface area contributed by atoms with Crippen LogP contribution in [0.15, 0.2) is 48.5 Å². The molecule has 0 unspecified atom stereocenters. The lowest BCUT2D eigenvalue weighted by atomic mass is 9.82. The van der Waals surface area contributed by atoms with Gasteiger partial charge in [-0.15, -0.1) is 0 Å². The van der Waals surface area contributed by atoms with Gasteiger partial charge in [0.15, 0.2) is 0 Å². The summed E-state index contributed by atoms with van der Waals surface area (Å²) in [6.07, 6.45) is 2.91. The molecule has 0 bridgehead atoms. The highest BCUT2D eigenvalue weighted by molar-refractivity contribution is 5.84. The molecule has 8 heteroatoms. The Kier molecular flexibility index (Phi) is 7.47. The number of amides is 2. The van der Waals surface area contributed by atoms with Crippen LogP contribution in [0.4, 0.5) is 4.79 Å². The Morgan fingerprint density at radius 2 is 1.59 bits per heavy atom. The summed E-state index contributed by atoms with van der Waals surface area (Å²) in [7, 11) is 0. The molecule has 4 N–H and O–H groups in total. The van der Waals surface area contributed by atoms with Crippen molar-refractivity contribution in [2.75, 3.05) is 13.2 Å². The molecule has 0 spiro atoms. The number of carbonyl (C=O) groups excluding carboxylic acids is 2. The summed E-state index contributed by atoms with van der Waals surface area (Å²) < 4.78 is 5.65. The van der Waals surface area contributed by atoms with Crippen LogP contribution in [0.3, 0.4) is 0 Å². The fourth-order valence-corrected chi connectivity index (χ4v) is 5.11. The number of hydrogen-bond donors (Lipinski definition) is 4. The number of aliphatic hydroxyl groups is 1. The molecule has 2 aliphatic rings. The van der Waals surface area contributed by atoms with E-state index in [2.05, 4.69) is 34.9 Å². The highest BCUT2D eigenvalue weighted by atomic mass is 16.5. The molecule has 8 nitrogen and oxygen atoms in total. The second kappa shape index (κ2) is 10.7. The van der Waals surface area contributed by atoms with Crippen LogP contribution in [0.25, 0.3) is 11.1 Å². The molecule has 2 amide bonds. The third kappa shape index (κ3) is 5.22. The average molecular weight is 467 g/mol. The summed E-state index contributed by atoms with van der Waals surface area (Å²) in [4.78, 5) is 36.1. The van der Waals surface area contributed by atoms with E-state index in [1.165, 1.54) is 0 Å². The first-order valence-corrected chi connectivity index (χ1v) is 11.7. The number of carboxylic acid groups (broad SMARTS) is 1. The fourth-order valence-electron chi connectivity index (χ4n) is 5.11. The summed E-state index contributed by atoms with van der Waals surface area (Å²) in [5, 5.41) is 23.4. The van der Waals surface area contributed by atoms with Gasteiger partial charge >= 0.3 is 12.1 Å². The van der Waals surface area contributed by atoms with Gasteiger partial charge in [0.05, 0.1) is 6.61 Å². The SMILES string of the molecule is O=C(C[C@H]1CCCC[C@H]1NC(=O)OCC1c2ccccc2-c2ccccc21)N[C@H](CO)C(=O)O. The van der Waals surface area contributed by atoms with Gasteiger partial charge in [-0.3, -0.25) is 4.79 Å². The predicted molar refractivity (Wildman–Crippen MR) is 125 cm³/mol. The number of nitrogens with one attached hydrogen (secondary N) is 2. The van der Waals surface area contributed by atoms with Crippen molar-refractivity contribution in [1.82, 2.24) is 10.6 Å². The molecule has 2 aromatic carbocycles. The molecule has 2 aliphatic carbocycles. The average Bonchev–Trinajstić information content (AvgIpc) is 3.16. The molecule has 4 rings (SSSR count). The van der Waals surface area contributed by atoms with E-state index in [4.69, 9.17) is 14.9 Å². The van der Waals surface area contributed by atoms with Crippen LogP contribution in [0.5, 0.6) is 0 Å². The zero-order valence-electron chi connectivity index (χ0n) is 18.9. The van der Waals surface area contributed by atoms with Crippen LogP contribution in [-0.4, -0.2) is 53.5 Å². The molecule has 180 valence electrons. The molecular weight excluding hydrogens is 436 g/mol. The second-order valence-corrected chi connectivity index (χ2v) is 8.97. The molecule has 0 heterocycles. The number of aliphatic hydroxyl groups excluding tert-OH is 1. The van der Waals surface area contributed by atoms with Gasteiger partial charge in [0, 0.05) is 18.4 Å². The van der Waals surface area contributed by atoms with Gasteiger partial charge in [0.2, 0.25) is 5.91 Å². The van der Waals surface area contributed by atoms with Crippen molar-refractivity contribution >= 4 is 18.0 Å². The van der Waals surface area contributed by atoms with Crippen LogP contribution in [0, 0.1) is 5.92 Å². The predicted octanol–water partition coefficient (Wildman–Crippen LogP) is 3.04. The number of hydrogen-bond acceptors (Lipinski definition) is 5. The quantitative estimate of drug-likeness (QED) is 0.474. The van der Waals surface area contributed by atoms with Gasteiger partial charge in [-0.05, 0) is 41.0 Å². The fraction of sp³-hybridized carbons (Fsp3) is 0.423. The first-order valence-electron chi connectivity index (χ1n) is 11.7. The Labute approximate surface area is 198 Å². The smallest absolute Gasteiger partial charge is 0.407 e. The zero-order chi connectivity index (χ0) is 24.1. The molecule has 2 aromatic rings. The summed E-state index contributed by atoms with van der Waals surface area (Å²) in [5.74, 6) is -1.89. The van der Waals surface area contributed by atoms with Gasteiger partial charge in [0.1, 0.15) is 12.6 Å².